The fraction of sp³-hybridized carbons (Fsp3) is 0.400. The third-order valence-electron chi connectivity index (χ3n) is 5.26. The van der Waals surface area contributed by atoms with E-state index < -0.39 is 17.5 Å². The van der Waals surface area contributed by atoms with Gasteiger partial charge in [-0.2, -0.15) is 0 Å². The number of esters is 2. The Morgan fingerprint density at radius 3 is 2.22 bits per heavy atom. The van der Waals surface area contributed by atoms with Gasteiger partial charge in [0.2, 0.25) is 0 Å². The number of phenols is 1. The maximum atomic E-state index is 13.1. The minimum atomic E-state index is -1.53. The molecule has 1 aliphatic heterocycles. The Balaban J connectivity index is 2.34. The minimum absolute atomic E-state index is 0.0209. The fourth-order valence-electron chi connectivity index (χ4n) is 3.93. The molecule has 170 valence electrons. The molecule has 2 aromatic carbocycles. The van der Waals surface area contributed by atoms with Gasteiger partial charge in [-0.05, 0) is 63.9 Å². The molecule has 0 aliphatic carbocycles. The van der Waals surface area contributed by atoms with Gasteiger partial charge >= 0.3 is 11.9 Å². The number of fused-ring (bicyclic) bond motifs is 1. The number of phenolic OH excluding ortho intramolecular Hbond substituents is 1. The Morgan fingerprint density at radius 1 is 1.00 bits per heavy atom. The Kier molecular flexibility index (Phi) is 6.87. The lowest BCUT2D eigenvalue weighted by Crippen LogP contribution is -2.42. The highest BCUT2D eigenvalue weighted by atomic mass is 16.5. The molecule has 0 saturated heterocycles. The molecule has 1 N–H and O–H groups in total. The van der Waals surface area contributed by atoms with Crippen molar-refractivity contribution < 1.29 is 28.9 Å². The summed E-state index contributed by atoms with van der Waals surface area (Å²) in [5.74, 6) is -0.622. The number of aromatic hydroxyl groups is 1. The number of carbonyl (C=O) groups is 2. The van der Waals surface area contributed by atoms with Crippen molar-refractivity contribution in [3.8, 4) is 22.6 Å². The van der Waals surface area contributed by atoms with Crippen LogP contribution in [0.5, 0.6) is 11.5 Å². The Hall–Kier alpha value is -3.35. The second-order valence-corrected chi connectivity index (χ2v) is 7.69. The molecule has 1 heterocycles. The van der Waals surface area contributed by atoms with Crippen molar-refractivity contribution in [2.24, 2.45) is 4.99 Å². The van der Waals surface area contributed by atoms with E-state index in [1.54, 1.807) is 51.1 Å². The number of nitrogens with zero attached hydrogens (tertiary/aromatic N) is 1. The summed E-state index contributed by atoms with van der Waals surface area (Å²) in [4.78, 5) is 30.8. The molecule has 7 heteroatoms. The number of benzene rings is 2. The van der Waals surface area contributed by atoms with Gasteiger partial charge in [0.25, 0.3) is 0 Å². The van der Waals surface area contributed by atoms with E-state index in [-0.39, 0.29) is 37.1 Å². The lowest BCUT2D eigenvalue weighted by atomic mass is 9.86. The summed E-state index contributed by atoms with van der Waals surface area (Å²) in [5, 5.41) is 11.6. The van der Waals surface area contributed by atoms with E-state index in [4.69, 9.17) is 14.2 Å². The average molecular weight is 440 g/mol. The van der Waals surface area contributed by atoms with E-state index in [0.717, 1.165) is 0 Å². The molecular formula is C25H29NO6. The van der Waals surface area contributed by atoms with E-state index >= 15 is 0 Å². The molecule has 0 radical (unpaired) electrons. The summed E-state index contributed by atoms with van der Waals surface area (Å²) in [6.45, 7) is 9.32. The second-order valence-electron chi connectivity index (χ2n) is 7.69. The molecule has 32 heavy (non-hydrogen) atoms. The fourth-order valence-corrected chi connectivity index (χ4v) is 3.93. The minimum Gasteiger partial charge on any atom is -0.507 e. The summed E-state index contributed by atoms with van der Waals surface area (Å²) in [5.41, 5.74) is -0.384. The smallest absolute Gasteiger partial charge is 0.338 e. The summed E-state index contributed by atoms with van der Waals surface area (Å²) < 4.78 is 16.3. The van der Waals surface area contributed by atoms with Gasteiger partial charge in [0.1, 0.15) is 11.5 Å². The van der Waals surface area contributed by atoms with Crippen LogP contribution in [0.2, 0.25) is 0 Å². The van der Waals surface area contributed by atoms with Crippen molar-refractivity contribution in [1.82, 2.24) is 0 Å². The number of carbonyl (C=O) groups excluding carboxylic acids is 2. The molecular weight excluding hydrogens is 410 g/mol. The molecule has 1 aliphatic rings. The third kappa shape index (κ3) is 4.07. The van der Waals surface area contributed by atoms with Crippen molar-refractivity contribution in [3.63, 3.8) is 0 Å². The Morgan fingerprint density at radius 2 is 1.66 bits per heavy atom. The molecule has 0 saturated carbocycles. The first-order valence-electron chi connectivity index (χ1n) is 10.9. The summed E-state index contributed by atoms with van der Waals surface area (Å²) in [6, 6.07) is 10.3. The van der Waals surface area contributed by atoms with Crippen LogP contribution in [0.15, 0.2) is 41.4 Å². The van der Waals surface area contributed by atoms with Crippen molar-refractivity contribution >= 4 is 17.5 Å². The van der Waals surface area contributed by atoms with Gasteiger partial charge in [-0.25, -0.2) is 9.59 Å². The monoisotopic (exact) mass is 439 g/mol. The topological polar surface area (TPSA) is 94.4 Å². The molecule has 3 rings (SSSR count). The molecule has 0 bridgehead atoms. The molecule has 0 aromatic heterocycles. The normalized spacial score (nSPS) is 17.0. The van der Waals surface area contributed by atoms with Gasteiger partial charge in [0, 0.05) is 10.8 Å². The number of hydrogen-bond acceptors (Lipinski definition) is 7. The lowest BCUT2D eigenvalue weighted by molar-refractivity contribution is -0.149. The maximum Gasteiger partial charge on any atom is 0.338 e. The van der Waals surface area contributed by atoms with Gasteiger partial charge in [-0.3, -0.25) is 4.99 Å². The molecule has 0 amide bonds. The van der Waals surface area contributed by atoms with Crippen molar-refractivity contribution in [1.29, 1.82) is 0 Å². The quantitative estimate of drug-likeness (QED) is 0.636. The highest BCUT2D eigenvalue weighted by Crippen LogP contribution is 2.34. The zero-order chi connectivity index (χ0) is 23.5. The third-order valence-corrected chi connectivity index (χ3v) is 5.26. The molecule has 0 fully saturated rings. The van der Waals surface area contributed by atoms with Crippen LogP contribution in [-0.4, -0.2) is 41.9 Å². The van der Waals surface area contributed by atoms with Crippen molar-refractivity contribution in [2.45, 2.75) is 52.7 Å². The zero-order valence-electron chi connectivity index (χ0n) is 19.1. The van der Waals surface area contributed by atoms with Crippen molar-refractivity contribution in [2.75, 3.05) is 13.2 Å². The lowest BCUT2D eigenvalue weighted by Gasteiger charge is -2.25. The van der Waals surface area contributed by atoms with Crippen LogP contribution in [-0.2, 0) is 19.1 Å². The van der Waals surface area contributed by atoms with Crippen LogP contribution >= 0.6 is 0 Å². The zero-order valence-corrected chi connectivity index (χ0v) is 19.1. The van der Waals surface area contributed by atoms with Gasteiger partial charge in [0.15, 0.2) is 5.54 Å². The van der Waals surface area contributed by atoms with Crippen LogP contribution in [0.3, 0.4) is 0 Å². The SMILES string of the molecule is CCOC(=O)C1=c2c(-c3ccc(OC(C)C)cc3)c(O)ccc2=NC1(CC)C(=O)OCC. The van der Waals surface area contributed by atoms with E-state index in [1.165, 1.54) is 6.07 Å². The van der Waals surface area contributed by atoms with Crippen LogP contribution in [0.4, 0.5) is 0 Å². The van der Waals surface area contributed by atoms with E-state index in [1.807, 2.05) is 13.8 Å². The van der Waals surface area contributed by atoms with Gasteiger partial charge in [0.05, 0.1) is 30.2 Å². The summed E-state index contributed by atoms with van der Waals surface area (Å²) in [6.07, 6.45) is 0.225. The molecule has 0 spiro atoms. The molecule has 1 unspecified atom stereocenters. The standard InChI is InChI=1S/C25H29NO6/c1-6-25(24(29)31-8-3)22(23(28)30-7-2)21-18(26-25)13-14-19(27)20(21)16-9-11-17(12-10-16)32-15(4)5/h9-15,27H,6-8H2,1-5H3. The molecule has 7 nitrogen and oxygen atoms in total. The molecule has 1 atom stereocenters. The second kappa shape index (κ2) is 9.42. The predicted octanol–water partition coefficient (Wildman–Crippen LogP) is 2.91. The van der Waals surface area contributed by atoms with Crippen molar-refractivity contribution in [3.05, 3.63) is 47.0 Å². The van der Waals surface area contributed by atoms with Gasteiger partial charge in [-0.1, -0.05) is 19.1 Å². The van der Waals surface area contributed by atoms with Crippen LogP contribution in [0.1, 0.15) is 41.0 Å². The van der Waals surface area contributed by atoms with Gasteiger partial charge < -0.3 is 19.3 Å². The predicted molar refractivity (Wildman–Crippen MR) is 120 cm³/mol. The molecule has 2 aromatic rings. The number of rotatable bonds is 8. The van der Waals surface area contributed by atoms with Crippen LogP contribution < -0.4 is 15.3 Å². The van der Waals surface area contributed by atoms with E-state index in [2.05, 4.69) is 4.99 Å². The number of hydrogen-bond donors (Lipinski definition) is 1. The maximum absolute atomic E-state index is 13.1. The highest BCUT2D eigenvalue weighted by molar-refractivity contribution is 6.21. The first-order valence-corrected chi connectivity index (χ1v) is 10.9. The highest BCUT2D eigenvalue weighted by Gasteiger charge is 2.49. The average Bonchev–Trinajstić information content (AvgIpc) is 3.10. The first kappa shape index (κ1) is 23.3. The largest absolute Gasteiger partial charge is 0.507 e. The Labute approximate surface area is 187 Å². The van der Waals surface area contributed by atoms with Crippen LogP contribution in [0.25, 0.3) is 16.7 Å². The first-order chi connectivity index (χ1) is 15.3. The van der Waals surface area contributed by atoms with E-state index in [0.29, 0.717) is 27.5 Å². The Bertz CT molecular complexity index is 1140. The summed E-state index contributed by atoms with van der Waals surface area (Å²) in [7, 11) is 0. The van der Waals surface area contributed by atoms with Crippen LogP contribution in [0, 0.1) is 0 Å². The van der Waals surface area contributed by atoms with E-state index in [9.17, 15) is 14.7 Å². The summed E-state index contributed by atoms with van der Waals surface area (Å²) >= 11 is 0. The van der Waals surface area contributed by atoms with Gasteiger partial charge in [-0.15, -0.1) is 0 Å². The number of ether oxygens (including phenoxy) is 3.